The van der Waals surface area contributed by atoms with Crippen molar-refractivity contribution in [1.82, 2.24) is 14.8 Å². The highest BCUT2D eigenvalue weighted by Gasteiger charge is 2.29. The molecule has 1 heterocycles. The number of para-hydroxylation sites is 1. The average Bonchev–Trinajstić information content (AvgIpc) is 3.45. The molecule has 27 heavy (non-hydrogen) atoms. The van der Waals surface area contributed by atoms with Crippen LogP contribution in [0.2, 0.25) is 0 Å². The number of aromatic nitrogens is 3. The van der Waals surface area contributed by atoms with Crippen LogP contribution in [0.25, 0.3) is 0 Å². The average molecular weight is 381 g/mol. The number of nitrogen functional groups attached to an aromatic ring is 1. The van der Waals surface area contributed by atoms with E-state index in [9.17, 15) is 4.79 Å². The molecule has 1 aliphatic rings. The van der Waals surface area contributed by atoms with Crippen molar-refractivity contribution >= 4 is 29.3 Å². The van der Waals surface area contributed by atoms with E-state index < -0.39 is 0 Å². The van der Waals surface area contributed by atoms with E-state index in [1.807, 2.05) is 59.2 Å². The summed E-state index contributed by atoms with van der Waals surface area (Å²) in [5, 5.41) is 11.5. The molecular formula is C19H19N5O2S. The summed E-state index contributed by atoms with van der Waals surface area (Å²) in [6.45, 7) is 0. The van der Waals surface area contributed by atoms with Gasteiger partial charge in [-0.05, 0) is 49.2 Å². The lowest BCUT2D eigenvalue weighted by Gasteiger charge is -2.08. The Kier molecular flexibility index (Phi) is 4.97. The molecule has 0 atom stereocenters. The maximum atomic E-state index is 12.2. The van der Waals surface area contributed by atoms with E-state index in [1.165, 1.54) is 11.8 Å². The van der Waals surface area contributed by atoms with Gasteiger partial charge in [0.05, 0.1) is 5.75 Å². The summed E-state index contributed by atoms with van der Waals surface area (Å²) in [6.07, 6.45) is 2.17. The first-order valence-corrected chi connectivity index (χ1v) is 9.63. The fourth-order valence-electron chi connectivity index (χ4n) is 2.62. The summed E-state index contributed by atoms with van der Waals surface area (Å²) in [5.41, 5.74) is 6.56. The van der Waals surface area contributed by atoms with Gasteiger partial charge in [-0.1, -0.05) is 30.0 Å². The van der Waals surface area contributed by atoms with Crippen LogP contribution >= 0.6 is 11.8 Å². The standard InChI is InChI=1S/C19H19N5O2S/c20-18-22-23-19(24(18)14-8-9-14)27-12-17(25)21-13-6-10-16(11-7-13)26-15-4-2-1-3-5-15/h1-7,10-11,14H,8-9,12H2,(H2,20,22)(H,21,25). The number of nitrogens with two attached hydrogens (primary N) is 1. The van der Waals surface area contributed by atoms with Gasteiger partial charge < -0.3 is 15.8 Å². The number of hydrogen-bond donors (Lipinski definition) is 2. The molecule has 0 radical (unpaired) electrons. The van der Waals surface area contributed by atoms with Crippen molar-refractivity contribution in [2.24, 2.45) is 0 Å². The van der Waals surface area contributed by atoms with Gasteiger partial charge in [-0.2, -0.15) is 0 Å². The zero-order valence-corrected chi connectivity index (χ0v) is 15.4. The third kappa shape index (κ3) is 4.40. The number of carbonyl (C=O) groups excluding carboxylic acids is 1. The zero-order chi connectivity index (χ0) is 18.6. The normalized spacial score (nSPS) is 13.3. The molecule has 0 unspecified atom stereocenters. The van der Waals surface area contributed by atoms with Gasteiger partial charge in [-0.3, -0.25) is 9.36 Å². The molecule has 1 amide bonds. The van der Waals surface area contributed by atoms with Gasteiger partial charge in [0.2, 0.25) is 11.9 Å². The Morgan fingerprint density at radius 1 is 1.11 bits per heavy atom. The number of benzene rings is 2. The van der Waals surface area contributed by atoms with Crippen LogP contribution < -0.4 is 15.8 Å². The molecule has 2 aromatic carbocycles. The van der Waals surface area contributed by atoms with Crippen LogP contribution in [0.1, 0.15) is 18.9 Å². The van der Waals surface area contributed by atoms with Crippen LogP contribution in [-0.2, 0) is 4.79 Å². The second kappa shape index (κ2) is 7.71. The highest BCUT2D eigenvalue weighted by atomic mass is 32.2. The van der Waals surface area contributed by atoms with Gasteiger partial charge in [0, 0.05) is 11.7 Å². The number of nitrogens with one attached hydrogen (secondary N) is 1. The molecule has 0 saturated heterocycles. The number of amides is 1. The van der Waals surface area contributed by atoms with Crippen molar-refractivity contribution in [2.75, 3.05) is 16.8 Å². The van der Waals surface area contributed by atoms with Gasteiger partial charge in [-0.15, -0.1) is 10.2 Å². The van der Waals surface area contributed by atoms with E-state index >= 15 is 0 Å². The van der Waals surface area contributed by atoms with Crippen molar-refractivity contribution in [3.05, 3.63) is 54.6 Å². The first kappa shape index (κ1) is 17.4. The summed E-state index contributed by atoms with van der Waals surface area (Å²) in [5.74, 6) is 2.02. The van der Waals surface area contributed by atoms with Crippen LogP contribution in [0, 0.1) is 0 Å². The molecule has 1 fully saturated rings. The summed E-state index contributed by atoms with van der Waals surface area (Å²) in [4.78, 5) is 12.2. The minimum atomic E-state index is -0.111. The predicted octanol–water partition coefficient (Wildman–Crippen LogP) is 3.72. The van der Waals surface area contributed by atoms with Crippen LogP contribution in [0.3, 0.4) is 0 Å². The Hall–Kier alpha value is -3.00. The lowest BCUT2D eigenvalue weighted by Crippen LogP contribution is -2.14. The molecule has 1 aliphatic carbocycles. The van der Waals surface area contributed by atoms with Gasteiger partial charge in [0.1, 0.15) is 11.5 Å². The minimum Gasteiger partial charge on any atom is -0.457 e. The third-order valence-corrected chi connectivity index (χ3v) is 5.00. The van der Waals surface area contributed by atoms with Crippen LogP contribution in [0.4, 0.5) is 11.6 Å². The number of thioether (sulfide) groups is 1. The summed E-state index contributed by atoms with van der Waals surface area (Å²) >= 11 is 1.34. The fraction of sp³-hybridized carbons (Fsp3) is 0.211. The van der Waals surface area contributed by atoms with Gasteiger partial charge >= 0.3 is 0 Å². The number of anilines is 2. The van der Waals surface area contributed by atoms with E-state index in [0.29, 0.717) is 28.6 Å². The number of nitrogens with zero attached hydrogens (tertiary/aromatic N) is 3. The second-order valence-corrected chi connectivity index (χ2v) is 7.16. The molecule has 138 valence electrons. The van der Waals surface area contributed by atoms with Gasteiger partial charge in [0.15, 0.2) is 5.16 Å². The number of carbonyl (C=O) groups is 1. The summed E-state index contributed by atoms with van der Waals surface area (Å²) in [7, 11) is 0. The molecule has 3 aromatic rings. The van der Waals surface area contributed by atoms with Crippen LogP contribution in [0.5, 0.6) is 11.5 Å². The topological polar surface area (TPSA) is 95.1 Å². The third-order valence-electron chi connectivity index (χ3n) is 4.05. The lowest BCUT2D eigenvalue weighted by molar-refractivity contribution is -0.113. The van der Waals surface area contributed by atoms with Crippen LogP contribution in [-0.4, -0.2) is 26.4 Å². The van der Waals surface area contributed by atoms with Crippen molar-refractivity contribution in [1.29, 1.82) is 0 Å². The number of rotatable bonds is 7. The van der Waals surface area contributed by atoms with E-state index in [1.54, 1.807) is 0 Å². The zero-order valence-electron chi connectivity index (χ0n) is 14.5. The summed E-state index contributed by atoms with van der Waals surface area (Å²) < 4.78 is 7.65. The van der Waals surface area contributed by atoms with Gasteiger partial charge in [-0.25, -0.2) is 0 Å². The smallest absolute Gasteiger partial charge is 0.234 e. The van der Waals surface area contributed by atoms with Crippen molar-refractivity contribution in [3.8, 4) is 11.5 Å². The molecule has 3 N–H and O–H groups in total. The Labute approximate surface area is 160 Å². The molecule has 0 aliphatic heterocycles. The fourth-order valence-corrected chi connectivity index (χ4v) is 3.43. The number of ether oxygens (including phenoxy) is 1. The number of hydrogen-bond acceptors (Lipinski definition) is 6. The molecule has 0 bridgehead atoms. The van der Waals surface area contributed by atoms with Crippen molar-refractivity contribution in [2.45, 2.75) is 24.0 Å². The van der Waals surface area contributed by atoms with E-state index in [4.69, 9.17) is 10.5 Å². The summed E-state index contributed by atoms with van der Waals surface area (Å²) in [6, 6.07) is 17.2. The molecule has 4 rings (SSSR count). The highest BCUT2D eigenvalue weighted by Crippen LogP contribution is 2.39. The molecule has 1 saturated carbocycles. The lowest BCUT2D eigenvalue weighted by atomic mass is 10.3. The molecule has 0 spiro atoms. The molecule has 7 nitrogen and oxygen atoms in total. The maximum Gasteiger partial charge on any atom is 0.234 e. The Balaban J connectivity index is 1.30. The molecule has 1 aromatic heterocycles. The molecular weight excluding hydrogens is 362 g/mol. The Morgan fingerprint density at radius 3 is 2.52 bits per heavy atom. The molecule has 8 heteroatoms. The van der Waals surface area contributed by atoms with E-state index in [2.05, 4.69) is 15.5 Å². The predicted molar refractivity (Wildman–Crippen MR) is 105 cm³/mol. The largest absolute Gasteiger partial charge is 0.457 e. The van der Waals surface area contributed by atoms with Crippen molar-refractivity contribution < 1.29 is 9.53 Å². The van der Waals surface area contributed by atoms with E-state index in [0.717, 1.165) is 18.6 Å². The Bertz CT molecular complexity index is 923. The Morgan fingerprint density at radius 2 is 1.81 bits per heavy atom. The minimum absolute atomic E-state index is 0.111. The maximum absolute atomic E-state index is 12.2. The SMILES string of the molecule is Nc1nnc(SCC(=O)Nc2ccc(Oc3ccccc3)cc2)n1C1CC1. The second-order valence-electron chi connectivity index (χ2n) is 6.22. The van der Waals surface area contributed by atoms with Gasteiger partial charge in [0.25, 0.3) is 0 Å². The first-order chi connectivity index (χ1) is 13.2. The highest BCUT2D eigenvalue weighted by molar-refractivity contribution is 7.99. The van der Waals surface area contributed by atoms with E-state index in [-0.39, 0.29) is 11.7 Å². The first-order valence-electron chi connectivity index (χ1n) is 8.65. The van der Waals surface area contributed by atoms with Crippen LogP contribution in [0.15, 0.2) is 59.8 Å². The quantitative estimate of drug-likeness (QED) is 0.606. The monoisotopic (exact) mass is 381 g/mol. The van der Waals surface area contributed by atoms with Crippen molar-refractivity contribution in [3.63, 3.8) is 0 Å².